The molecule has 1 heterocycles. The molecule has 0 bridgehead atoms. The van der Waals surface area contributed by atoms with E-state index in [0.29, 0.717) is 6.42 Å². The summed E-state index contributed by atoms with van der Waals surface area (Å²) in [6, 6.07) is 1.43. The summed E-state index contributed by atoms with van der Waals surface area (Å²) in [5, 5.41) is 6.16. The van der Waals surface area contributed by atoms with Crippen molar-refractivity contribution in [1.82, 2.24) is 10.5 Å². The summed E-state index contributed by atoms with van der Waals surface area (Å²) >= 11 is 0. The molecule has 1 atom stereocenters. The van der Waals surface area contributed by atoms with Gasteiger partial charge in [0.25, 0.3) is 5.91 Å². The van der Waals surface area contributed by atoms with Crippen LogP contribution in [0.3, 0.4) is 0 Å². The molecule has 1 aromatic rings. The van der Waals surface area contributed by atoms with E-state index in [1.165, 1.54) is 12.3 Å². The molecular formula is C11H17N3O3. The second-order valence-corrected chi connectivity index (χ2v) is 4.18. The van der Waals surface area contributed by atoms with Gasteiger partial charge in [0.05, 0.1) is 0 Å². The number of primary amides is 1. The summed E-state index contributed by atoms with van der Waals surface area (Å²) in [7, 11) is 0. The van der Waals surface area contributed by atoms with Crippen molar-refractivity contribution in [2.24, 2.45) is 11.7 Å². The lowest BCUT2D eigenvalue weighted by Crippen LogP contribution is -2.60. The van der Waals surface area contributed by atoms with E-state index < -0.39 is 17.4 Å². The van der Waals surface area contributed by atoms with Gasteiger partial charge in [0.1, 0.15) is 11.8 Å². The van der Waals surface area contributed by atoms with Crippen LogP contribution in [0.2, 0.25) is 0 Å². The van der Waals surface area contributed by atoms with E-state index in [0.717, 1.165) is 0 Å². The molecule has 0 aliphatic heterocycles. The van der Waals surface area contributed by atoms with Crippen LogP contribution in [-0.2, 0) is 4.79 Å². The average molecular weight is 239 g/mol. The topological polar surface area (TPSA) is 98.2 Å². The van der Waals surface area contributed by atoms with Gasteiger partial charge in [0.15, 0.2) is 5.69 Å². The first kappa shape index (κ1) is 13.2. The van der Waals surface area contributed by atoms with Crippen molar-refractivity contribution in [3.05, 3.63) is 18.0 Å². The maximum absolute atomic E-state index is 11.8. The highest BCUT2D eigenvalue weighted by molar-refractivity contribution is 5.97. The molecule has 0 fully saturated rings. The number of carbonyl (C=O) groups excluding carboxylic acids is 2. The number of aromatic nitrogens is 1. The molecule has 0 aromatic carbocycles. The number of rotatable bonds is 5. The minimum absolute atomic E-state index is 0.110. The van der Waals surface area contributed by atoms with Gasteiger partial charge in [-0.3, -0.25) is 9.59 Å². The maximum Gasteiger partial charge on any atom is 0.274 e. The van der Waals surface area contributed by atoms with Gasteiger partial charge in [-0.05, 0) is 12.3 Å². The van der Waals surface area contributed by atoms with Gasteiger partial charge in [-0.15, -0.1) is 0 Å². The normalized spacial score (nSPS) is 14.4. The van der Waals surface area contributed by atoms with Gasteiger partial charge in [-0.2, -0.15) is 0 Å². The van der Waals surface area contributed by atoms with E-state index in [2.05, 4.69) is 15.0 Å². The molecule has 0 saturated heterocycles. The van der Waals surface area contributed by atoms with Crippen molar-refractivity contribution in [3.8, 4) is 0 Å². The average Bonchev–Trinajstić information content (AvgIpc) is 2.77. The van der Waals surface area contributed by atoms with E-state index in [1.807, 2.05) is 13.8 Å². The molecule has 0 saturated carbocycles. The van der Waals surface area contributed by atoms with E-state index in [9.17, 15) is 9.59 Å². The Balaban J connectivity index is 2.95. The smallest absolute Gasteiger partial charge is 0.274 e. The van der Waals surface area contributed by atoms with E-state index >= 15 is 0 Å². The summed E-state index contributed by atoms with van der Waals surface area (Å²) in [5.74, 6) is -1.12. The van der Waals surface area contributed by atoms with Crippen molar-refractivity contribution >= 4 is 11.8 Å². The highest BCUT2D eigenvalue weighted by atomic mass is 16.5. The highest BCUT2D eigenvalue weighted by Crippen LogP contribution is 2.21. The Morgan fingerprint density at radius 1 is 1.59 bits per heavy atom. The Morgan fingerprint density at radius 3 is 2.59 bits per heavy atom. The Bertz CT molecular complexity index is 400. The Kier molecular flexibility index (Phi) is 3.88. The molecule has 0 spiro atoms. The molecular weight excluding hydrogens is 222 g/mol. The summed E-state index contributed by atoms with van der Waals surface area (Å²) in [4.78, 5) is 23.4. The van der Waals surface area contributed by atoms with Gasteiger partial charge < -0.3 is 15.6 Å². The highest BCUT2D eigenvalue weighted by Gasteiger charge is 2.40. The molecule has 6 nitrogen and oxygen atoms in total. The molecule has 6 heteroatoms. The lowest BCUT2D eigenvalue weighted by molar-refractivity contribution is -0.126. The van der Waals surface area contributed by atoms with Crippen LogP contribution in [0.25, 0.3) is 0 Å². The van der Waals surface area contributed by atoms with Gasteiger partial charge in [0.2, 0.25) is 5.91 Å². The number of nitrogens with two attached hydrogens (primary N) is 1. The number of carbonyl (C=O) groups is 2. The van der Waals surface area contributed by atoms with Crippen LogP contribution in [-0.4, -0.2) is 22.5 Å². The zero-order valence-electron chi connectivity index (χ0n) is 10.2. The van der Waals surface area contributed by atoms with Crippen LogP contribution in [0, 0.1) is 5.92 Å². The largest absolute Gasteiger partial charge is 0.368 e. The predicted octanol–water partition coefficient (Wildman–Crippen LogP) is 0.694. The van der Waals surface area contributed by atoms with Crippen molar-refractivity contribution in [1.29, 1.82) is 0 Å². The third-order valence-electron chi connectivity index (χ3n) is 2.99. The van der Waals surface area contributed by atoms with Crippen LogP contribution in [0.4, 0.5) is 0 Å². The Morgan fingerprint density at radius 2 is 2.24 bits per heavy atom. The molecule has 0 radical (unpaired) electrons. The quantitative estimate of drug-likeness (QED) is 0.789. The molecule has 94 valence electrons. The number of nitrogens with zero attached hydrogens (tertiary/aromatic N) is 1. The molecule has 2 amide bonds. The van der Waals surface area contributed by atoms with Crippen LogP contribution >= 0.6 is 0 Å². The summed E-state index contributed by atoms with van der Waals surface area (Å²) < 4.78 is 4.58. The minimum Gasteiger partial charge on any atom is -0.368 e. The summed E-state index contributed by atoms with van der Waals surface area (Å²) in [5.41, 5.74) is 4.46. The first-order valence-corrected chi connectivity index (χ1v) is 5.46. The minimum atomic E-state index is -1.06. The van der Waals surface area contributed by atoms with Gasteiger partial charge in [-0.1, -0.05) is 25.9 Å². The number of hydrogen-bond acceptors (Lipinski definition) is 4. The number of nitrogens with one attached hydrogen (secondary N) is 1. The monoisotopic (exact) mass is 239 g/mol. The summed E-state index contributed by atoms with van der Waals surface area (Å²) in [6.07, 6.45) is 1.71. The van der Waals surface area contributed by atoms with Crippen molar-refractivity contribution in [2.75, 3.05) is 0 Å². The molecule has 17 heavy (non-hydrogen) atoms. The fourth-order valence-corrected chi connectivity index (χ4v) is 1.76. The van der Waals surface area contributed by atoms with Crippen LogP contribution in [0.5, 0.6) is 0 Å². The van der Waals surface area contributed by atoms with Crippen LogP contribution < -0.4 is 11.1 Å². The second-order valence-electron chi connectivity index (χ2n) is 4.18. The lowest BCUT2D eigenvalue weighted by Gasteiger charge is -2.34. The third-order valence-corrected chi connectivity index (χ3v) is 2.99. The predicted molar refractivity (Wildman–Crippen MR) is 61.0 cm³/mol. The SMILES string of the molecule is CCC(NC(=O)c1ccon1)(C(N)=O)C(C)C. The van der Waals surface area contributed by atoms with Gasteiger partial charge in [-0.25, -0.2) is 0 Å². The van der Waals surface area contributed by atoms with E-state index in [1.54, 1.807) is 6.92 Å². The Labute approximate surface area is 99.5 Å². The van der Waals surface area contributed by atoms with Crippen molar-refractivity contribution in [2.45, 2.75) is 32.7 Å². The fraction of sp³-hybridized carbons (Fsp3) is 0.545. The fourth-order valence-electron chi connectivity index (χ4n) is 1.76. The molecule has 1 rings (SSSR count). The van der Waals surface area contributed by atoms with Crippen molar-refractivity contribution < 1.29 is 14.1 Å². The standard InChI is InChI=1S/C11H17N3O3/c1-4-11(7(2)3,10(12)16)13-9(15)8-5-6-17-14-8/h5-7H,4H2,1-3H3,(H2,12,16)(H,13,15). The van der Waals surface area contributed by atoms with E-state index in [-0.39, 0.29) is 11.6 Å². The molecule has 0 aliphatic rings. The maximum atomic E-state index is 11.8. The lowest BCUT2D eigenvalue weighted by atomic mass is 9.83. The number of amides is 2. The zero-order chi connectivity index (χ0) is 13.1. The van der Waals surface area contributed by atoms with Crippen molar-refractivity contribution in [3.63, 3.8) is 0 Å². The molecule has 3 N–H and O–H groups in total. The van der Waals surface area contributed by atoms with Crippen LogP contribution in [0.1, 0.15) is 37.7 Å². The Hall–Kier alpha value is -1.85. The molecule has 1 aromatic heterocycles. The zero-order valence-corrected chi connectivity index (χ0v) is 10.2. The first-order valence-electron chi connectivity index (χ1n) is 5.46. The van der Waals surface area contributed by atoms with Crippen LogP contribution in [0.15, 0.2) is 16.9 Å². The van der Waals surface area contributed by atoms with Gasteiger partial charge in [0, 0.05) is 6.07 Å². The third kappa shape index (κ3) is 2.46. The summed E-state index contributed by atoms with van der Waals surface area (Å²) in [6.45, 7) is 5.46. The first-order chi connectivity index (χ1) is 7.94. The van der Waals surface area contributed by atoms with Gasteiger partial charge >= 0.3 is 0 Å². The molecule has 1 unspecified atom stereocenters. The number of hydrogen-bond donors (Lipinski definition) is 2. The second kappa shape index (κ2) is 4.99. The van der Waals surface area contributed by atoms with E-state index in [4.69, 9.17) is 5.73 Å². The molecule has 0 aliphatic carbocycles.